The van der Waals surface area contributed by atoms with Crippen LogP contribution in [0.15, 0.2) is 0 Å². The van der Waals surface area contributed by atoms with Crippen LogP contribution in [0.3, 0.4) is 0 Å². The van der Waals surface area contributed by atoms with Gasteiger partial charge in [0.15, 0.2) is 0 Å². The van der Waals surface area contributed by atoms with Gasteiger partial charge >= 0.3 is 0 Å². The Hall–Kier alpha value is 0. The number of unbranched alkanes of at least 4 members (excludes halogenated alkanes) is 2. The van der Waals surface area contributed by atoms with Gasteiger partial charge in [-0.05, 0) is 30.6 Å². The zero-order valence-electron chi connectivity index (χ0n) is 11.1. The normalized spacial score (nSPS) is 29.0. The highest BCUT2D eigenvalue weighted by Gasteiger charge is 2.24. The molecule has 0 aromatic heterocycles. The lowest BCUT2D eigenvalue weighted by Gasteiger charge is -2.32. The van der Waals surface area contributed by atoms with Crippen LogP contribution in [-0.2, 0) is 0 Å². The Labute approximate surface area is 96.8 Å². The fourth-order valence-electron chi connectivity index (χ4n) is 3.19. The molecular formula is C15H30. The maximum Gasteiger partial charge on any atom is -0.0386 e. The summed E-state index contributed by atoms with van der Waals surface area (Å²) in [5.41, 5.74) is 0. The van der Waals surface area contributed by atoms with Crippen LogP contribution in [0.25, 0.3) is 0 Å². The maximum absolute atomic E-state index is 2.42. The highest BCUT2D eigenvalue weighted by atomic mass is 14.3. The SMILES string of the molecule is CCCCCC(CC)C1CCC(C)CC1. The summed E-state index contributed by atoms with van der Waals surface area (Å²) in [5.74, 6) is 3.13. The van der Waals surface area contributed by atoms with E-state index in [1.807, 2.05) is 0 Å². The monoisotopic (exact) mass is 210 g/mol. The average molecular weight is 210 g/mol. The van der Waals surface area contributed by atoms with E-state index in [1.165, 1.54) is 57.8 Å². The van der Waals surface area contributed by atoms with E-state index >= 15 is 0 Å². The van der Waals surface area contributed by atoms with Crippen molar-refractivity contribution in [2.24, 2.45) is 17.8 Å². The summed E-state index contributed by atoms with van der Waals surface area (Å²) in [6.07, 6.45) is 13.2. The first-order valence-corrected chi connectivity index (χ1v) is 7.27. The summed E-state index contributed by atoms with van der Waals surface area (Å²) < 4.78 is 0. The van der Waals surface area contributed by atoms with Crippen molar-refractivity contribution < 1.29 is 0 Å². The molecule has 0 heteroatoms. The topological polar surface area (TPSA) is 0 Å². The molecule has 0 aromatic carbocycles. The molecule has 1 atom stereocenters. The van der Waals surface area contributed by atoms with Crippen LogP contribution in [0, 0.1) is 17.8 Å². The molecule has 1 aliphatic rings. The molecule has 15 heavy (non-hydrogen) atoms. The molecule has 0 N–H and O–H groups in total. The van der Waals surface area contributed by atoms with Gasteiger partial charge in [0.05, 0.1) is 0 Å². The van der Waals surface area contributed by atoms with Crippen LogP contribution >= 0.6 is 0 Å². The molecule has 0 bridgehead atoms. The molecule has 1 rings (SSSR count). The molecule has 1 fully saturated rings. The van der Waals surface area contributed by atoms with Crippen molar-refractivity contribution in [3.8, 4) is 0 Å². The van der Waals surface area contributed by atoms with Crippen molar-refractivity contribution in [3.63, 3.8) is 0 Å². The predicted molar refractivity (Wildman–Crippen MR) is 69.0 cm³/mol. The largest absolute Gasteiger partial charge is 0.0654 e. The lowest BCUT2D eigenvalue weighted by Crippen LogP contribution is -2.20. The first kappa shape index (κ1) is 13.1. The zero-order chi connectivity index (χ0) is 11.1. The van der Waals surface area contributed by atoms with Gasteiger partial charge in [-0.3, -0.25) is 0 Å². The maximum atomic E-state index is 2.42. The van der Waals surface area contributed by atoms with Crippen LogP contribution in [0.4, 0.5) is 0 Å². The Morgan fingerprint density at radius 1 is 1.00 bits per heavy atom. The minimum atomic E-state index is 1.01. The van der Waals surface area contributed by atoms with E-state index in [1.54, 1.807) is 0 Å². The van der Waals surface area contributed by atoms with Gasteiger partial charge < -0.3 is 0 Å². The fourth-order valence-corrected chi connectivity index (χ4v) is 3.19. The highest BCUT2D eigenvalue weighted by molar-refractivity contribution is 4.75. The molecule has 1 aliphatic carbocycles. The summed E-state index contributed by atoms with van der Waals surface area (Å²) in [5, 5.41) is 0. The van der Waals surface area contributed by atoms with E-state index < -0.39 is 0 Å². The summed E-state index contributed by atoms with van der Waals surface area (Å²) in [6.45, 7) is 7.13. The van der Waals surface area contributed by atoms with Crippen LogP contribution in [0.1, 0.15) is 78.6 Å². The van der Waals surface area contributed by atoms with Crippen LogP contribution < -0.4 is 0 Å². The first-order valence-electron chi connectivity index (χ1n) is 7.27. The lowest BCUT2D eigenvalue weighted by atomic mass is 9.74. The quantitative estimate of drug-likeness (QED) is 0.514. The third-order valence-electron chi connectivity index (χ3n) is 4.43. The van der Waals surface area contributed by atoms with E-state index in [0.29, 0.717) is 0 Å². The predicted octanol–water partition coefficient (Wildman–Crippen LogP) is 5.42. The molecule has 1 saturated carbocycles. The molecule has 0 nitrogen and oxygen atoms in total. The molecule has 0 amide bonds. The smallest absolute Gasteiger partial charge is 0.0386 e. The molecule has 0 spiro atoms. The van der Waals surface area contributed by atoms with Crippen LogP contribution in [-0.4, -0.2) is 0 Å². The highest BCUT2D eigenvalue weighted by Crippen LogP contribution is 2.36. The number of rotatable bonds is 6. The summed E-state index contributed by atoms with van der Waals surface area (Å²) in [6, 6.07) is 0. The number of hydrogen-bond acceptors (Lipinski definition) is 0. The van der Waals surface area contributed by atoms with Gasteiger partial charge in [0.1, 0.15) is 0 Å². The Morgan fingerprint density at radius 2 is 1.67 bits per heavy atom. The fraction of sp³-hybridized carbons (Fsp3) is 1.00. The molecule has 0 heterocycles. The van der Waals surface area contributed by atoms with Gasteiger partial charge in [-0.15, -0.1) is 0 Å². The molecule has 90 valence electrons. The Kier molecular flexibility index (Phi) is 6.36. The minimum absolute atomic E-state index is 1.01. The van der Waals surface area contributed by atoms with Crippen molar-refractivity contribution in [1.29, 1.82) is 0 Å². The van der Waals surface area contributed by atoms with Crippen molar-refractivity contribution in [1.82, 2.24) is 0 Å². The Balaban J connectivity index is 2.24. The van der Waals surface area contributed by atoms with E-state index in [9.17, 15) is 0 Å². The molecule has 0 radical (unpaired) electrons. The lowest BCUT2D eigenvalue weighted by molar-refractivity contribution is 0.195. The summed E-state index contributed by atoms with van der Waals surface area (Å²) in [4.78, 5) is 0. The summed E-state index contributed by atoms with van der Waals surface area (Å²) in [7, 11) is 0. The average Bonchev–Trinajstić information content (AvgIpc) is 2.26. The molecule has 0 aromatic rings. The zero-order valence-corrected chi connectivity index (χ0v) is 11.1. The molecule has 1 unspecified atom stereocenters. The van der Waals surface area contributed by atoms with Gasteiger partial charge in [0.2, 0.25) is 0 Å². The molecule has 0 aliphatic heterocycles. The van der Waals surface area contributed by atoms with Gasteiger partial charge in [-0.2, -0.15) is 0 Å². The van der Waals surface area contributed by atoms with Gasteiger partial charge in [-0.1, -0.05) is 65.7 Å². The second-order valence-corrected chi connectivity index (χ2v) is 5.68. The van der Waals surface area contributed by atoms with Crippen molar-refractivity contribution in [3.05, 3.63) is 0 Å². The van der Waals surface area contributed by atoms with E-state index in [0.717, 1.165) is 17.8 Å². The van der Waals surface area contributed by atoms with Crippen molar-refractivity contribution >= 4 is 0 Å². The van der Waals surface area contributed by atoms with E-state index in [4.69, 9.17) is 0 Å². The van der Waals surface area contributed by atoms with Gasteiger partial charge in [-0.25, -0.2) is 0 Å². The summed E-state index contributed by atoms with van der Waals surface area (Å²) >= 11 is 0. The van der Waals surface area contributed by atoms with Crippen LogP contribution in [0.2, 0.25) is 0 Å². The second kappa shape index (κ2) is 7.30. The second-order valence-electron chi connectivity index (χ2n) is 5.68. The van der Waals surface area contributed by atoms with E-state index in [-0.39, 0.29) is 0 Å². The van der Waals surface area contributed by atoms with Crippen LogP contribution in [0.5, 0.6) is 0 Å². The first-order chi connectivity index (χ1) is 7.27. The third-order valence-corrected chi connectivity index (χ3v) is 4.43. The van der Waals surface area contributed by atoms with Gasteiger partial charge in [0, 0.05) is 0 Å². The van der Waals surface area contributed by atoms with E-state index in [2.05, 4.69) is 20.8 Å². The third kappa shape index (κ3) is 4.57. The standard InChI is InChI=1S/C15H30/c1-4-6-7-8-14(5-2)15-11-9-13(3)10-12-15/h13-15H,4-12H2,1-3H3. The van der Waals surface area contributed by atoms with Crippen molar-refractivity contribution in [2.75, 3.05) is 0 Å². The van der Waals surface area contributed by atoms with Crippen molar-refractivity contribution in [2.45, 2.75) is 78.6 Å². The molecular weight excluding hydrogens is 180 g/mol. The Morgan fingerprint density at radius 3 is 2.20 bits per heavy atom. The molecule has 0 saturated heterocycles. The Bertz CT molecular complexity index is 142. The number of hydrogen-bond donors (Lipinski definition) is 0. The van der Waals surface area contributed by atoms with Gasteiger partial charge in [0.25, 0.3) is 0 Å². The minimum Gasteiger partial charge on any atom is -0.0654 e.